The van der Waals surface area contributed by atoms with E-state index in [2.05, 4.69) is 190 Å². The third kappa shape index (κ3) is 3.28. The van der Waals surface area contributed by atoms with Gasteiger partial charge in [0.25, 0.3) is 0 Å². The van der Waals surface area contributed by atoms with Crippen LogP contribution in [0.15, 0.2) is 30.3 Å². The second-order valence-corrected chi connectivity index (χ2v) is 21.9. The Balaban J connectivity index is 2.99. The maximum atomic E-state index is 4.13. The fourth-order valence-corrected chi connectivity index (χ4v) is 18.1. The van der Waals surface area contributed by atoms with Crippen molar-refractivity contribution in [2.24, 2.45) is 0 Å². The van der Waals surface area contributed by atoms with Gasteiger partial charge in [0.1, 0.15) is 12.9 Å². The highest BCUT2D eigenvalue weighted by Gasteiger charge is 2.84. The Kier molecular flexibility index (Phi) is 8.85. The van der Waals surface area contributed by atoms with Crippen LogP contribution < -0.4 is 0 Å². The van der Waals surface area contributed by atoms with Crippen LogP contribution in [0.4, 0.5) is 0 Å². The van der Waals surface area contributed by atoms with Gasteiger partial charge in [0.05, 0.1) is 9.74 Å². The maximum absolute atomic E-state index is 4.13. The molecule has 0 radical (unpaired) electrons. The summed E-state index contributed by atoms with van der Waals surface area (Å²) in [4.78, 5) is 0. The normalized spacial score (nSPS) is 34.4. The molecular weight excluding hydrogens is 991 g/mol. The highest BCUT2D eigenvalue weighted by atomic mass is 79.9. The standard InChI is InChI=1S/C16H14Br10/c1-2-8-12(18)13(19,20)11(9-17,10-6-4-3-5-7-10)14(21,22)16(25,26)15(12,23)24/h3-7H,2,8-9H2,1H3. The molecule has 1 aromatic carbocycles. The molecule has 0 aliphatic heterocycles. The van der Waals surface area contributed by atoms with Crippen LogP contribution in [0.1, 0.15) is 25.3 Å². The Morgan fingerprint density at radius 3 is 1.62 bits per heavy atom. The fourth-order valence-electron chi connectivity index (χ4n) is 3.44. The summed E-state index contributed by atoms with van der Waals surface area (Å²) in [6.45, 7) is 2.18. The molecule has 0 heterocycles. The average molecular weight is 1010 g/mol. The number of alkyl halides is 10. The molecule has 2 atom stereocenters. The van der Waals surface area contributed by atoms with Gasteiger partial charge in [-0.3, -0.25) is 0 Å². The van der Waals surface area contributed by atoms with Gasteiger partial charge in [-0.2, -0.15) is 0 Å². The zero-order valence-electron chi connectivity index (χ0n) is 13.3. The summed E-state index contributed by atoms with van der Waals surface area (Å²) in [6, 6.07) is 10.5. The highest BCUT2D eigenvalue weighted by molar-refractivity contribution is 9.33. The van der Waals surface area contributed by atoms with Gasteiger partial charge in [-0.25, -0.2) is 0 Å². The quantitative estimate of drug-likeness (QED) is 0.264. The van der Waals surface area contributed by atoms with Crippen LogP contribution in [0.2, 0.25) is 0 Å². The van der Waals surface area contributed by atoms with Gasteiger partial charge in [-0.15, -0.1) is 0 Å². The molecule has 1 saturated carbocycles. The molecule has 1 aliphatic rings. The van der Waals surface area contributed by atoms with E-state index in [0.29, 0.717) is 5.33 Å². The first-order chi connectivity index (χ1) is 11.7. The van der Waals surface area contributed by atoms with Crippen LogP contribution in [-0.4, -0.2) is 22.6 Å². The van der Waals surface area contributed by atoms with E-state index in [9.17, 15) is 0 Å². The third-order valence-electron chi connectivity index (χ3n) is 4.92. The first kappa shape index (κ1) is 26.3. The van der Waals surface area contributed by atoms with Crippen LogP contribution >= 0.6 is 159 Å². The molecule has 0 N–H and O–H groups in total. The first-order valence-electron chi connectivity index (χ1n) is 7.54. The van der Waals surface area contributed by atoms with Crippen molar-refractivity contribution in [3.05, 3.63) is 35.9 Å². The van der Waals surface area contributed by atoms with E-state index in [1.165, 1.54) is 0 Å². The minimum Gasteiger partial charge on any atom is -0.0917 e. The summed E-state index contributed by atoms with van der Waals surface area (Å²) < 4.78 is -2.92. The van der Waals surface area contributed by atoms with Gasteiger partial charge in [-0.1, -0.05) is 203 Å². The van der Waals surface area contributed by atoms with Crippen LogP contribution in [-0.2, 0) is 5.41 Å². The van der Waals surface area contributed by atoms with Crippen LogP contribution in [0.5, 0.6) is 0 Å². The van der Waals surface area contributed by atoms with E-state index in [4.69, 9.17) is 0 Å². The Morgan fingerprint density at radius 2 is 1.19 bits per heavy atom. The van der Waals surface area contributed by atoms with Crippen molar-refractivity contribution < 1.29 is 0 Å². The Bertz CT molecular complexity index is 656. The van der Waals surface area contributed by atoms with E-state index >= 15 is 0 Å². The number of benzene rings is 1. The Morgan fingerprint density at radius 1 is 0.692 bits per heavy atom. The van der Waals surface area contributed by atoms with E-state index in [1.807, 2.05) is 6.07 Å². The third-order valence-corrected chi connectivity index (χ3v) is 23.9. The predicted octanol–water partition coefficient (Wildman–Crippen LogP) is 10.2. The number of halogens is 10. The molecule has 26 heavy (non-hydrogen) atoms. The fraction of sp³-hybridized carbons (Fsp3) is 0.625. The van der Waals surface area contributed by atoms with Crippen LogP contribution in [0, 0.1) is 0 Å². The second kappa shape index (κ2) is 8.75. The molecule has 0 spiro atoms. The van der Waals surface area contributed by atoms with Crippen molar-refractivity contribution in [1.82, 2.24) is 0 Å². The van der Waals surface area contributed by atoms with Gasteiger partial charge >= 0.3 is 0 Å². The van der Waals surface area contributed by atoms with Crippen LogP contribution in [0.3, 0.4) is 0 Å². The van der Waals surface area contributed by atoms with Gasteiger partial charge < -0.3 is 0 Å². The smallest absolute Gasteiger partial charge is 0.0917 e. The summed E-state index contributed by atoms with van der Waals surface area (Å²) >= 11 is 40.2. The molecular formula is C16H14Br10. The summed E-state index contributed by atoms with van der Waals surface area (Å²) in [7, 11) is 0. The van der Waals surface area contributed by atoms with E-state index in [0.717, 1.165) is 18.4 Å². The number of rotatable bonds is 4. The van der Waals surface area contributed by atoms with E-state index in [-0.39, 0.29) is 0 Å². The lowest BCUT2D eigenvalue weighted by atomic mass is 9.65. The lowest BCUT2D eigenvalue weighted by molar-refractivity contribution is 0.263. The molecule has 2 unspecified atom stereocenters. The second-order valence-electron chi connectivity index (χ2n) is 6.25. The highest BCUT2D eigenvalue weighted by Crippen LogP contribution is 2.82. The summed E-state index contributed by atoms with van der Waals surface area (Å²) in [5.74, 6) is 0. The Labute approximate surface area is 239 Å². The number of hydrogen-bond acceptors (Lipinski definition) is 0. The van der Waals surface area contributed by atoms with Gasteiger partial charge in [0.15, 0.2) is 0 Å². The Hall–Kier alpha value is 4.02. The molecule has 0 amide bonds. The van der Waals surface area contributed by atoms with Gasteiger partial charge in [0.2, 0.25) is 0 Å². The molecule has 148 valence electrons. The lowest BCUT2D eigenvalue weighted by Gasteiger charge is -2.69. The van der Waals surface area contributed by atoms with Crippen molar-refractivity contribution >= 4 is 159 Å². The molecule has 1 aromatic rings. The average Bonchev–Trinajstić information content (AvgIpc) is 2.55. The van der Waals surface area contributed by atoms with Gasteiger partial charge in [0, 0.05) is 5.33 Å². The van der Waals surface area contributed by atoms with Crippen molar-refractivity contribution in [2.45, 2.75) is 42.4 Å². The van der Waals surface area contributed by atoms with E-state index < -0.39 is 22.7 Å². The maximum Gasteiger partial charge on any atom is 0.133 e. The molecule has 2 rings (SSSR count). The van der Waals surface area contributed by atoms with E-state index in [1.54, 1.807) is 0 Å². The summed E-state index contributed by atoms with van der Waals surface area (Å²) in [6.07, 6.45) is 1.88. The van der Waals surface area contributed by atoms with Crippen LogP contribution in [0.25, 0.3) is 0 Å². The zero-order chi connectivity index (χ0) is 20.2. The molecule has 0 nitrogen and oxygen atoms in total. The molecule has 1 aliphatic carbocycles. The van der Waals surface area contributed by atoms with Crippen molar-refractivity contribution in [3.63, 3.8) is 0 Å². The summed E-state index contributed by atoms with van der Waals surface area (Å²) in [5.41, 5.74) is 0.677. The molecule has 0 aromatic heterocycles. The monoisotopic (exact) mass is 995 g/mol. The van der Waals surface area contributed by atoms with Crippen molar-refractivity contribution in [1.29, 1.82) is 0 Å². The zero-order valence-corrected chi connectivity index (χ0v) is 29.1. The van der Waals surface area contributed by atoms with Crippen molar-refractivity contribution in [2.75, 3.05) is 5.33 Å². The minimum atomic E-state index is -0.646. The summed E-state index contributed by atoms with van der Waals surface area (Å²) in [5, 5.41) is 0.670. The molecule has 10 heteroatoms. The largest absolute Gasteiger partial charge is 0.133 e. The predicted molar refractivity (Wildman–Crippen MR) is 151 cm³/mol. The number of hydrogen-bond donors (Lipinski definition) is 0. The first-order valence-corrected chi connectivity index (χ1v) is 15.8. The molecule has 1 fully saturated rings. The minimum absolute atomic E-state index is 0.455. The molecule has 0 saturated heterocycles. The topological polar surface area (TPSA) is 0 Å². The SMILES string of the molecule is CCCC1(Br)C(Br)(Br)C(Br)(Br)C(Br)(Br)C(CBr)(c2ccccc2)C1(Br)Br. The lowest BCUT2D eigenvalue weighted by Crippen LogP contribution is -2.80. The van der Waals surface area contributed by atoms with Crippen molar-refractivity contribution in [3.8, 4) is 0 Å². The molecule has 0 bridgehead atoms. The van der Waals surface area contributed by atoms with Gasteiger partial charge in [-0.05, 0) is 12.0 Å².